The van der Waals surface area contributed by atoms with Crippen molar-refractivity contribution in [1.82, 2.24) is 9.80 Å². The molecule has 154 valence electrons. The number of hydrogen-bond donors (Lipinski definition) is 0. The maximum atomic E-state index is 12.8. The summed E-state index contributed by atoms with van der Waals surface area (Å²) in [6.45, 7) is 2.71. The molecule has 0 bridgehead atoms. The van der Waals surface area contributed by atoms with E-state index in [0.29, 0.717) is 6.04 Å². The van der Waals surface area contributed by atoms with Crippen LogP contribution >= 0.6 is 0 Å². The highest BCUT2D eigenvalue weighted by Crippen LogP contribution is 2.28. The highest BCUT2D eigenvalue weighted by Gasteiger charge is 2.28. The average molecular weight is 387 g/mol. The molecule has 1 aromatic carbocycles. The van der Waals surface area contributed by atoms with Gasteiger partial charge in [-0.15, -0.1) is 0 Å². The smallest absolute Gasteiger partial charge is 0.249 e. The Bertz CT molecular complexity index is 701. The lowest BCUT2D eigenvalue weighted by Crippen LogP contribution is -2.49. The molecule has 1 atom stereocenters. The summed E-state index contributed by atoms with van der Waals surface area (Å²) < 4.78 is 10.7. The lowest BCUT2D eigenvalue weighted by Gasteiger charge is -2.38. The normalized spacial score (nSPS) is 20.1. The Morgan fingerprint density at radius 3 is 2.71 bits per heavy atom. The minimum Gasteiger partial charge on any atom is -0.493 e. The lowest BCUT2D eigenvalue weighted by molar-refractivity contribution is -0.129. The molecule has 0 unspecified atom stereocenters. The predicted octanol–water partition coefficient (Wildman–Crippen LogP) is 3.67. The number of allylic oxidation sites excluding steroid dienone is 1. The first-order valence-electron chi connectivity index (χ1n) is 10.5. The van der Waals surface area contributed by atoms with E-state index in [1.54, 1.807) is 14.2 Å². The van der Waals surface area contributed by atoms with Gasteiger partial charge in [-0.05, 0) is 69.7 Å². The molecule has 1 aromatic rings. The third kappa shape index (κ3) is 5.07. The minimum atomic E-state index is 0.276. The fourth-order valence-corrected chi connectivity index (χ4v) is 4.26. The largest absolute Gasteiger partial charge is 0.493 e. The van der Waals surface area contributed by atoms with Gasteiger partial charge in [-0.25, -0.2) is 0 Å². The van der Waals surface area contributed by atoms with Crippen molar-refractivity contribution < 1.29 is 14.3 Å². The van der Waals surface area contributed by atoms with Crippen LogP contribution in [0.5, 0.6) is 11.5 Å². The number of methoxy groups -OCH3 is 2. The number of likely N-dealkylation sites (tertiary alicyclic amines) is 1. The maximum absolute atomic E-state index is 12.8. The van der Waals surface area contributed by atoms with Crippen LogP contribution in [0.1, 0.15) is 44.1 Å². The number of carbonyl (C=O) groups is 1. The molecule has 1 aliphatic heterocycles. The van der Waals surface area contributed by atoms with Crippen molar-refractivity contribution in [1.29, 1.82) is 0 Å². The van der Waals surface area contributed by atoms with Crippen molar-refractivity contribution in [3.63, 3.8) is 0 Å². The summed E-state index contributed by atoms with van der Waals surface area (Å²) in [6, 6.07) is 6.55. The van der Waals surface area contributed by atoms with Crippen LogP contribution in [0.2, 0.25) is 0 Å². The molecule has 1 aliphatic carbocycles. The van der Waals surface area contributed by atoms with E-state index in [-0.39, 0.29) is 5.91 Å². The van der Waals surface area contributed by atoms with Crippen LogP contribution in [0.15, 0.2) is 29.8 Å². The van der Waals surface area contributed by atoms with Crippen molar-refractivity contribution in [3.8, 4) is 11.5 Å². The fraction of sp³-hybridized carbons (Fsp3) is 0.609. The monoisotopic (exact) mass is 386 g/mol. The van der Waals surface area contributed by atoms with E-state index in [0.717, 1.165) is 75.2 Å². The molecule has 2 aliphatic rings. The second-order valence-electron chi connectivity index (χ2n) is 7.94. The van der Waals surface area contributed by atoms with Gasteiger partial charge in [0, 0.05) is 31.2 Å². The van der Waals surface area contributed by atoms with Crippen molar-refractivity contribution in [2.75, 3.05) is 40.9 Å². The highest BCUT2D eigenvalue weighted by atomic mass is 16.5. The van der Waals surface area contributed by atoms with Crippen molar-refractivity contribution in [2.45, 2.75) is 51.0 Å². The summed E-state index contributed by atoms with van der Waals surface area (Å²) in [7, 11) is 5.51. The Hall–Kier alpha value is -2.01. The van der Waals surface area contributed by atoms with Gasteiger partial charge in [-0.2, -0.15) is 0 Å². The summed E-state index contributed by atoms with van der Waals surface area (Å²) >= 11 is 0. The Labute approximate surface area is 169 Å². The Morgan fingerprint density at radius 1 is 1.18 bits per heavy atom. The third-order valence-corrected chi connectivity index (χ3v) is 6.07. The lowest BCUT2D eigenvalue weighted by atomic mass is 9.96. The third-order valence-electron chi connectivity index (χ3n) is 6.07. The Balaban J connectivity index is 1.54. The number of amides is 1. The molecule has 0 aromatic heterocycles. The number of piperidine rings is 1. The van der Waals surface area contributed by atoms with Gasteiger partial charge >= 0.3 is 0 Å². The first kappa shape index (κ1) is 20.7. The van der Waals surface area contributed by atoms with E-state index in [1.165, 1.54) is 12.0 Å². The van der Waals surface area contributed by atoms with Crippen LogP contribution in [-0.4, -0.2) is 62.7 Å². The number of likely N-dealkylation sites (N-methyl/N-ethyl adjacent to an activating group) is 1. The molecular formula is C23H34N2O3. The summed E-state index contributed by atoms with van der Waals surface area (Å²) in [6.07, 6.45) is 9.75. The molecule has 3 rings (SSSR count). The SMILES string of the molecule is COc1ccc(CCN(C)[C@H]2CCCN(C(=O)C3=CCCCC3)C2)cc1OC. The second-order valence-corrected chi connectivity index (χ2v) is 7.94. The van der Waals surface area contributed by atoms with E-state index in [1.807, 2.05) is 6.07 Å². The number of hydrogen-bond acceptors (Lipinski definition) is 4. The van der Waals surface area contributed by atoms with Crippen molar-refractivity contribution >= 4 is 5.91 Å². The summed E-state index contributed by atoms with van der Waals surface area (Å²) in [5.74, 6) is 1.81. The molecule has 5 nitrogen and oxygen atoms in total. The van der Waals surface area contributed by atoms with E-state index in [2.05, 4.69) is 35.1 Å². The van der Waals surface area contributed by atoms with Crippen LogP contribution in [0, 0.1) is 0 Å². The van der Waals surface area contributed by atoms with Crippen LogP contribution in [0.25, 0.3) is 0 Å². The van der Waals surface area contributed by atoms with Gasteiger partial charge in [0.15, 0.2) is 11.5 Å². The molecular weight excluding hydrogens is 352 g/mol. The van der Waals surface area contributed by atoms with Crippen LogP contribution in [0.3, 0.4) is 0 Å². The number of ether oxygens (including phenoxy) is 2. The molecule has 28 heavy (non-hydrogen) atoms. The summed E-state index contributed by atoms with van der Waals surface area (Å²) in [4.78, 5) is 17.3. The zero-order valence-corrected chi connectivity index (χ0v) is 17.6. The molecule has 1 heterocycles. The topological polar surface area (TPSA) is 42.0 Å². The standard InChI is InChI=1S/C23H34N2O3/c1-24(15-13-18-11-12-21(27-2)22(16-18)28-3)20-10-7-14-25(17-20)23(26)19-8-5-4-6-9-19/h8,11-12,16,20H,4-7,9-10,13-15,17H2,1-3H3/t20-/m0/s1. The zero-order valence-electron chi connectivity index (χ0n) is 17.6. The molecule has 1 amide bonds. The molecule has 1 fully saturated rings. The zero-order chi connectivity index (χ0) is 19.9. The van der Waals surface area contributed by atoms with Gasteiger partial charge in [0.1, 0.15) is 0 Å². The van der Waals surface area contributed by atoms with E-state index in [9.17, 15) is 4.79 Å². The number of benzene rings is 1. The average Bonchev–Trinajstić information content (AvgIpc) is 2.77. The highest BCUT2D eigenvalue weighted by molar-refractivity contribution is 5.93. The maximum Gasteiger partial charge on any atom is 0.249 e. The molecule has 1 saturated heterocycles. The minimum absolute atomic E-state index is 0.276. The Morgan fingerprint density at radius 2 is 2.00 bits per heavy atom. The van der Waals surface area contributed by atoms with Gasteiger partial charge in [0.05, 0.1) is 14.2 Å². The predicted molar refractivity (Wildman–Crippen MR) is 112 cm³/mol. The van der Waals surface area contributed by atoms with Gasteiger partial charge in [0.25, 0.3) is 0 Å². The first-order valence-corrected chi connectivity index (χ1v) is 10.5. The van der Waals surface area contributed by atoms with Crippen LogP contribution in [-0.2, 0) is 11.2 Å². The van der Waals surface area contributed by atoms with Gasteiger partial charge in [-0.3, -0.25) is 4.79 Å². The second kappa shape index (κ2) is 9.97. The first-order chi connectivity index (χ1) is 13.6. The van der Waals surface area contributed by atoms with E-state index < -0.39 is 0 Å². The quantitative estimate of drug-likeness (QED) is 0.717. The van der Waals surface area contributed by atoms with Crippen LogP contribution in [0.4, 0.5) is 0 Å². The van der Waals surface area contributed by atoms with Gasteiger partial charge < -0.3 is 19.3 Å². The molecule has 0 spiro atoms. The molecule has 0 N–H and O–H groups in total. The molecule has 5 heteroatoms. The molecule has 0 radical (unpaired) electrons. The number of carbonyl (C=O) groups excluding carboxylic acids is 1. The number of nitrogens with zero attached hydrogens (tertiary/aromatic N) is 2. The van der Waals surface area contributed by atoms with Gasteiger partial charge in [-0.1, -0.05) is 12.1 Å². The van der Waals surface area contributed by atoms with E-state index >= 15 is 0 Å². The van der Waals surface area contributed by atoms with Crippen molar-refractivity contribution in [3.05, 3.63) is 35.4 Å². The fourth-order valence-electron chi connectivity index (χ4n) is 4.26. The molecule has 0 saturated carbocycles. The summed E-state index contributed by atoms with van der Waals surface area (Å²) in [5, 5.41) is 0. The number of rotatable bonds is 7. The van der Waals surface area contributed by atoms with Gasteiger partial charge in [0.2, 0.25) is 5.91 Å². The van der Waals surface area contributed by atoms with Crippen molar-refractivity contribution in [2.24, 2.45) is 0 Å². The van der Waals surface area contributed by atoms with E-state index in [4.69, 9.17) is 9.47 Å². The summed E-state index contributed by atoms with van der Waals surface area (Å²) in [5.41, 5.74) is 2.28. The van der Waals surface area contributed by atoms with Crippen LogP contribution < -0.4 is 9.47 Å². The Kier molecular flexibility index (Phi) is 7.37.